The number of nitrogens with one attached hydrogen (secondary N) is 1. The normalized spacial score (nSPS) is 16.6. The van der Waals surface area contributed by atoms with Gasteiger partial charge in [-0.3, -0.25) is 14.4 Å². The maximum atomic E-state index is 12.8. The first-order valence-electron chi connectivity index (χ1n) is 8.12. The van der Waals surface area contributed by atoms with Gasteiger partial charge in [0.15, 0.2) is 0 Å². The molecule has 1 N–H and O–H groups in total. The molecule has 1 fully saturated rings. The molecule has 2 aromatic rings. The van der Waals surface area contributed by atoms with Gasteiger partial charge in [-0.25, -0.2) is 0 Å². The Morgan fingerprint density at radius 3 is 2.72 bits per heavy atom. The van der Waals surface area contributed by atoms with Gasteiger partial charge in [0.1, 0.15) is 0 Å². The molecule has 2 aliphatic rings. The number of likely N-dealkylation sites (tertiary alicyclic amines) is 1. The van der Waals surface area contributed by atoms with E-state index < -0.39 is 0 Å². The van der Waals surface area contributed by atoms with Gasteiger partial charge in [-0.15, -0.1) is 0 Å². The standard InChI is InChI=1S/C19H17N3O3/c1-2-17(23)21-10-14(11-21)22-9-13-6-5-12(8-16(13)19(22)25)15-4-3-7-20-18(15)24/h2-8,14H,1,9-11H2,(H,20,24). The molecule has 1 aromatic carbocycles. The first-order valence-corrected chi connectivity index (χ1v) is 8.12. The Bertz CT molecular complexity index is 941. The molecule has 6 nitrogen and oxygen atoms in total. The van der Waals surface area contributed by atoms with Crippen molar-refractivity contribution < 1.29 is 9.59 Å². The summed E-state index contributed by atoms with van der Waals surface area (Å²) in [6, 6.07) is 9.09. The van der Waals surface area contributed by atoms with Crippen LogP contribution in [0.1, 0.15) is 15.9 Å². The van der Waals surface area contributed by atoms with E-state index in [1.165, 1.54) is 6.08 Å². The van der Waals surface area contributed by atoms with Crippen molar-refractivity contribution in [3.05, 3.63) is 70.7 Å². The van der Waals surface area contributed by atoms with E-state index in [1.54, 1.807) is 34.2 Å². The molecule has 1 saturated heterocycles. The van der Waals surface area contributed by atoms with Crippen LogP contribution in [0.4, 0.5) is 0 Å². The number of pyridine rings is 1. The summed E-state index contributed by atoms with van der Waals surface area (Å²) in [4.78, 5) is 42.4. The van der Waals surface area contributed by atoms with Crippen LogP contribution in [-0.2, 0) is 11.3 Å². The van der Waals surface area contributed by atoms with E-state index in [9.17, 15) is 14.4 Å². The molecule has 6 heteroatoms. The SMILES string of the molecule is C=CC(=O)N1CC(N2Cc3ccc(-c4ccc[nH]c4=O)cc3C2=O)C1. The third-order valence-corrected chi connectivity index (χ3v) is 4.86. The van der Waals surface area contributed by atoms with E-state index >= 15 is 0 Å². The van der Waals surface area contributed by atoms with Crippen LogP contribution in [0, 0.1) is 0 Å². The predicted octanol–water partition coefficient (Wildman–Crippen LogP) is 1.39. The highest BCUT2D eigenvalue weighted by atomic mass is 16.2. The molecule has 0 unspecified atom stereocenters. The lowest BCUT2D eigenvalue weighted by atomic mass is 10.0. The van der Waals surface area contributed by atoms with Gasteiger partial charge < -0.3 is 14.8 Å². The van der Waals surface area contributed by atoms with Crippen molar-refractivity contribution in [2.75, 3.05) is 13.1 Å². The topological polar surface area (TPSA) is 73.5 Å². The summed E-state index contributed by atoms with van der Waals surface area (Å²) < 4.78 is 0. The molecule has 2 aliphatic heterocycles. The number of benzene rings is 1. The summed E-state index contributed by atoms with van der Waals surface area (Å²) in [5.41, 5.74) is 2.68. The number of rotatable bonds is 3. The molecule has 0 saturated carbocycles. The predicted molar refractivity (Wildman–Crippen MR) is 92.9 cm³/mol. The molecule has 1 aromatic heterocycles. The second-order valence-corrected chi connectivity index (χ2v) is 6.32. The van der Waals surface area contributed by atoms with Gasteiger partial charge in [0.25, 0.3) is 11.5 Å². The van der Waals surface area contributed by atoms with E-state index in [0.29, 0.717) is 30.8 Å². The molecule has 2 amide bonds. The number of fused-ring (bicyclic) bond motifs is 1. The zero-order valence-corrected chi connectivity index (χ0v) is 13.6. The quantitative estimate of drug-likeness (QED) is 0.862. The summed E-state index contributed by atoms with van der Waals surface area (Å²) in [7, 11) is 0. The van der Waals surface area contributed by atoms with E-state index in [0.717, 1.165) is 11.1 Å². The van der Waals surface area contributed by atoms with Gasteiger partial charge in [0.05, 0.1) is 6.04 Å². The third-order valence-electron chi connectivity index (χ3n) is 4.86. The van der Waals surface area contributed by atoms with E-state index in [-0.39, 0.29) is 23.4 Å². The van der Waals surface area contributed by atoms with Crippen molar-refractivity contribution in [2.45, 2.75) is 12.6 Å². The molecule has 0 bridgehead atoms. The van der Waals surface area contributed by atoms with Crippen molar-refractivity contribution in [2.24, 2.45) is 0 Å². The van der Waals surface area contributed by atoms with Crippen LogP contribution < -0.4 is 5.56 Å². The van der Waals surface area contributed by atoms with Crippen molar-refractivity contribution in [3.63, 3.8) is 0 Å². The smallest absolute Gasteiger partial charge is 0.255 e. The maximum absolute atomic E-state index is 12.8. The van der Waals surface area contributed by atoms with Gasteiger partial charge in [-0.2, -0.15) is 0 Å². The second kappa shape index (κ2) is 5.73. The van der Waals surface area contributed by atoms with E-state index in [4.69, 9.17) is 0 Å². The molecule has 4 rings (SSSR count). The first kappa shape index (κ1) is 15.4. The molecule has 25 heavy (non-hydrogen) atoms. The lowest BCUT2D eigenvalue weighted by Gasteiger charge is -2.43. The number of carbonyl (C=O) groups is 2. The molecule has 0 spiro atoms. The highest BCUT2D eigenvalue weighted by Gasteiger charge is 2.40. The number of aromatic nitrogens is 1. The van der Waals surface area contributed by atoms with Crippen LogP contribution in [0.3, 0.4) is 0 Å². The molecule has 0 radical (unpaired) electrons. The summed E-state index contributed by atoms with van der Waals surface area (Å²) in [6.45, 7) is 5.10. The third kappa shape index (κ3) is 2.46. The minimum absolute atomic E-state index is 0.0346. The summed E-state index contributed by atoms with van der Waals surface area (Å²) in [5.74, 6) is -0.147. The van der Waals surface area contributed by atoms with Crippen LogP contribution in [0.25, 0.3) is 11.1 Å². The monoisotopic (exact) mass is 335 g/mol. The summed E-state index contributed by atoms with van der Waals surface area (Å²) in [6.07, 6.45) is 2.87. The average molecular weight is 335 g/mol. The van der Waals surface area contributed by atoms with Gasteiger partial charge in [0.2, 0.25) is 5.91 Å². The molecule has 126 valence electrons. The maximum Gasteiger partial charge on any atom is 0.255 e. The van der Waals surface area contributed by atoms with Crippen LogP contribution in [0.5, 0.6) is 0 Å². The Hall–Kier alpha value is -3.15. The van der Waals surface area contributed by atoms with Crippen LogP contribution >= 0.6 is 0 Å². The second-order valence-electron chi connectivity index (χ2n) is 6.32. The lowest BCUT2D eigenvalue weighted by Crippen LogP contribution is -2.60. The largest absolute Gasteiger partial charge is 0.335 e. The minimum atomic E-state index is -0.178. The zero-order valence-electron chi connectivity index (χ0n) is 13.6. The Kier molecular flexibility index (Phi) is 3.53. The molecule has 0 atom stereocenters. The fraction of sp³-hybridized carbons (Fsp3) is 0.211. The Morgan fingerprint density at radius 2 is 2.00 bits per heavy atom. The lowest BCUT2D eigenvalue weighted by molar-refractivity contribution is -0.132. The Balaban J connectivity index is 1.57. The van der Waals surface area contributed by atoms with Crippen molar-refractivity contribution >= 4 is 11.8 Å². The van der Waals surface area contributed by atoms with E-state index in [1.807, 2.05) is 12.1 Å². The van der Waals surface area contributed by atoms with Crippen molar-refractivity contribution in [1.29, 1.82) is 0 Å². The van der Waals surface area contributed by atoms with Crippen molar-refractivity contribution in [3.8, 4) is 11.1 Å². The van der Waals surface area contributed by atoms with Gasteiger partial charge in [0, 0.05) is 37.0 Å². The van der Waals surface area contributed by atoms with Gasteiger partial charge in [-0.05, 0) is 35.4 Å². The fourth-order valence-electron chi connectivity index (χ4n) is 3.40. The number of amides is 2. The number of H-pyrrole nitrogens is 1. The minimum Gasteiger partial charge on any atom is -0.335 e. The van der Waals surface area contributed by atoms with Crippen LogP contribution in [0.2, 0.25) is 0 Å². The van der Waals surface area contributed by atoms with Gasteiger partial charge >= 0.3 is 0 Å². The average Bonchev–Trinajstić information content (AvgIpc) is 2.90. The fourth-order valence-corrected chi connectivity index (χ4v) is 3.40. The van der Waals surface area contributed by atoms with Crippen molar-refractivity contribution in [1.82, 2.24) is 14.8 Å². The molecule has 0 aliphatic carbocycles. The Morgan fingerprint density at radius 1 is 1.20 bits per heavy atom. The Labute approximate surface area is 144 Å². The summed E-state index contributed by atoms with van der Waals surface area (Å²) >= 11 is 0. The number of aromatic amines is 1. The number of nitrogens with zero attached hydrogens (tertiary/aromatic N) is 2. The number of hydrogen-bond donors (Lipinski definition) is 1. The highest BCUT2D eigenvalue weighted by molar-refractivity contribution is 6.00. The zero-order chi connectivity index (χ0) is 17.6. The van der Waals surface area contributed by atoms with Gasteiger partial charge in [-0.1, -0.05) is 18.7 Å². The highest BCUT2D eigenvalue weighted by Crippen LogP contribution is 2.30. The number of carbonyl (C=O) groups excluding carboxylic acids is 2. The first-order chi connectivity index (χ1) is 12.1. The van der Waals surface area contributed by atoms with Crippen LogP contribution in [-0.4, -0.2) is 45.7 Å². The number of hydrogen-bond acceptors (Lipinski definition) is 3. The molecular weight excluding hydrogens is 318 g/mol. The molecular formula is C19H17N3O3. The van der Waals surface area contributed by atoms with E-state index in [2.05, 4.69) is 11.6 Å². The molecule has 3 heterocycles. The van der Waals surface area contributed by atoms with Crippen LogP contribution in [0.15, 0.2) is 54.0 Å². The summed E-state index contributed by atoms with van der Waals surface area (Å²) in [5, 5.41) is 0.